The molecule has 0 unspecified atom stereocenters. The molecule has 1 fully saturated rings. The van der Waals surface area contributed by atoms with E-state index < -0.39 is 0 Å². The standard InChI is InChI=1S/C9H10ClNO/c1-12-9-3-2-6(4-7(9)10)8-5-11-8/h2-4,8,11H,5H2,1H3/t8-/m1/s1. The minimum Gasteiger partial charge on any atom is -0.495 e. The largest absolute Gasteiger partial charge is 0.495 e. The maximum atomic E-state index is 5.95. The van der Waals surface area contributed by atoms with Gasteiger partial charge in [-0.05, 0) is 17.7 Å². The van der Waals surface area contributed by atoms with Crippen molar-refractivity contribution >= 4 is 11.6 Å². The van der Waals surface area contributed by atoms with E-state index in [1.807, 2.05) is 18.2 Å². The molecule has 1 aliphatic heterocycles. The summed E-state index contributed by atoms with van der Waals surface area (Å²) in [4.78, 5) is 0. The van der Waals surface area contributed by atoms with Gasteiger partial charge in [-0.15, -0.1) is 0 Å². The first-order valence-corrected chi connectivity index (χ1v) is 4.26. The number of hydrogen-bond donors (Lipinski definition) is 1. The van der Waals surface area contributed by atoms with Crippen LogP contribution in [0.15, 0.2) is 18.2 Å². The van der Waals surface area contributed by atoms with Gasteiger partial charge in [0.2, 0.25) is 0 Å². The van der Waals surface area contributed by atoms with Crippen molar-refractivity contribution in [3.05, 3.63) is 28.8 Å². The summed E-state index contributed by atoms with van der Waals surface area (Å²) in [6.07, 6.45) is 0. The fraction of sp³-hybridized carbons (Fsp3) is 0.333. The van der Waals surface area contributed by atoms with Gasteiger partial charge in [0.1, 0.15) is 5.75 Å². The Morgan fingerprint density at radius 3 is 2.83 bits per heavy atom. The first-order valence-electron chi connectivity index (χ1n) is 3.88. The third-order valence-corrected chi connectivity index (χ3v) is 2.28. The molecule has 0 aromatic heterocycles. The molecule has 1 aromatic rings. The summed E-state index contributed by atoms with van der Waals surface area (Å²) in [6.45, 7) is 1.06. The highest BCUT2D eigenvalue weighted by Gasteiger charge is 2.22. The van der Waals surface area contributed by atoms with Crippen LogP contribution in [-0.4, -0.2) is 13.7 Å². The maximum absolute atomic E-state index is 5.95. The van der Waals surface area contributed by atoms with Gasteiger partial charge in [0.05, 0.1) is 12.1 Å². The zero-order valence-electron chi connectivity index (χ0n) is 6.80. The van der Waals surface area contributed by atoms with Crippen molar-refractivity contribution in [3.8, 4) is 5.75 Å². The molecule has 0 radical (unpaired) electrons. The fourth-order valence-electron chi connectivity index (χ4n) is 1.19. The van der Waals surface area contributed by atoms with Crippen molar-refractivity contribution in [2.75, 3.05) is 13.7 Å². The molecule has 0 aliphatic carbocycles. The maximum Gasteiger partial charge on any atom is 0.137 e. The van der Waals surface area contributed by atoms with Gasteiger partial charge in [-0.2, -0.15) is 0 Å². The molecule has 0 bridgehead atoms. The van der Waals surface area contributed by atoms with E-state index in [2.05, 4.69) is 5.32 Å². The van der Waals surface area contributed by atoms with Gasteiger partial charge in [-0.25, -0.2) is 0 Å². The SMILES string of the molecule is COc1ccc([C@H]2CN2)cc1Cl. The molecule has 1 N–H and O–H groups in total. The monoisotopic (exact) mass is 183 g/mol. The van der Waals surface area contributed by atoms with Crippen molar-refractivity contribution < 1.29 is 4.74 Å². The van der Waals surface area contributed by atoms with Crippen LogP contribution in [0, 0.1) is 0 Å². The van der Waals surface area contributed by atoms with Crippen molar-refractivity contribution in [1.82, 2.24) is 5.32 Å². The second kappa shape index (κ2) is 2.96. The number of methoxy groups -OCH3 is 1. The molecular weight excluding hydrogens is 174 g/mol. The van der Waals surface area contributed by atoms with Crippen LogP contribution in [0.1, 0.15) is 11.6 Å². The lowest BCUT2D eigenvalue weighted by Crippen LogP contribution is -1.87. The highest BCUT2D eigenvalue weighted by molar-refractivity contribution is 6.32. The predicted molar refractivity (Wildman–Crippen MR) is 48.7 cm³/mol. The van der Waals surface area contributed by atoms with E-state index >= 15 is 0 Å². The van der Waals surface area contributed by atoms with Crippen molar-refractivity contribution in [2.24, 2.45) is 0 Å². The van der Waals surface area contributed by atoms with Crippen LogP contribution in [0.5, 0.6) is 5.75 Å². The van der Waals surface area contributed by atoms with Gasteiger partial charge < -0.3 is 10.1 Å². The van der Waals surface area contributed by atoms with Crippen LogP contribution in [-0.2, 0) is 0 Å². The Balaban J connectivity index is 2.30. The fourth-order valence-corrected chi connectivity index (χ4v) is 1.46. The molecule has 1 atom stereocenters. The predicted octanol–water partition coefficient (Wildman–Crippen LogP) is 1.99. The van der Waals surface area contributed by atoms with Gasteiger partial charge in [0.25, 0.3) is 0 Å². The minimum absolute atomic E-state index is 0.508. The Hall–Kier alpha value is -0.730. The lowest BCUT2D eigenvalue weighted by atomic mass is 10.1. The molecule has 2 nitrogen and oxygen atoms in total. The summed E-state index contributed by atoms with van der Waals surface area (Å²) in [5.74, 6) is 0.737. The lowest BCUT2D eigenvalue weighted by molar-refractivity contribution is 0.415. The number of benzene rings is 1. The molecule has 3 heteroatoms. The average molecular weight is 184 g/mol. The quantitative estimate of drug-likeness (QED) is 0.711. The van der Waals surface area contributed by atoms with Crippen LogP contribution in [0.25, 0.3) is 0 Å². The number of halogens is 1. The molecule has 1 saturated heterocycles. The van der Waals surface area contributed by atoms with E-state index in [-0.39, 0.29) is 0 Å². The Kier molecular flexibility index (Phi) is 1.95. The number of hydrogen-bond acceptors (Lipinski definition) is 2. The highest BCUT2D eigenvalue weighted by atomic mass is 35.5. The summed E-state index contributed by atoms with van der Waals surface area (Å²) in [7, 11) is 1.62. The summed E-state index contributed by atoms with van der Waals surface area (Å²) in [5.41, 5.74) is 1.24. The minimum atomic E-state index is 0.508. The smallest absolute Gasteiger partial charge is 0.137 e. The van der Waals surface area contributed by atoms with E-state index in [0.717, 1.165) is 12.3 Å². The summed E-state index contributed by atoms with van der Waals surface area (Å²) in [6, 6.07) is 6.39. The molecule has 1 aromatic carbocycles. The van der Waals surface area contributed by atoms with Gasteiger partial charge >= 0.3 is 0 Å². The van der Waals surface area contributed by atoms with E-state index in [4.69, 9.17) is 16.3 Å². The first kappa shape index (κ1) is 7.90. The molecule has 0 spiro atoms. The second-order valence-corrected chi connectivity index (χ2v) is 3.26. The zero-order chi connectivity index (χ0) is 8.55. The van der Waals surface area contributed by atoms with Gasteiger partial charge in [-0.1, -0.05) is 17.7 Å². The van der Waals surface area contributed by atoms with E-state index in [1.54, 1.807) is 7.11 Å². The van der Waals surface area contributed by atoms with E-state index in [9.17, 15) is 0 Å². The molecule has 1 aliphatic rings. The van der Waals surface area contributed by atoms with Crippen molar-refractivity contribution in [3.63, 3.8) is 0 Å². The van der Waals surface area contributed by atoms with Crippen LogP contribution in [0.3, 0.4) is 0 Å². The summed E-state index contributed by atoms with van der Waals surface area (Å²) < 4.78 is 5.05. The Morgan fingerprint density at radius 1 is 1.58 bits per heavy atom. The Morgan fingerprint density at radius 2 is 2.33 bits per heavy atom. The van der Waals surface area contributed by atoms with Crippen molar-refractivity contribution in [1.29, 1.82) is 0 Å². The molecule has 1 heterocycles. The van der Waals surface area contributed by atoms with Crippen LogP contribution < -0.4 is 10.1 Å². The lowest BCUT2D eigenvalue weighted by Gasteiger charge is -2.03. The average Bonchev–Trinajstić information content (AvgIpc) is 2.86. The first-order chi connectivity index (χ1) is 5.81. The van der Waals surface area contributed by atoms with Crippen LogP contribution >= 0.6 is 11.6 Å². The van der Waals surface area contributed by atoms with Gasteiger partial charge in [0, 0.05) is 12.6 Å². The molecule has 64 valence electrons. The third-order valence-electron chi connectivity index (χ3n) is 1.99. The topological polar surface area (TPSA) is 31.2 Å². The highest BCUT2D eigenvalue weighted by Crippen LogP contribution is 2.30. The second-order valence-electron chi connectivity index (χ2n) is 2.85. The summed E-state index contributed by atoms with van der Waals surface area (Å²) >= 11 is 5.95. The third kappa shape index (κ3) is 1.40. The van der Waals surface area contributed by atoms with E-state index in [0.29, 0.717) is 11.1 Å². The molecular formula is C9H10ClNO. The molecule has 0 amide bonds. The number of nitrogens with one attached hydrogen (secondary N) is 1. The van der Waals surface area contributed by atoms with Crippen LogP contribution in [0.4, 0.5) is 0 Å². The molecule has 0 saturated carbocycles. The van der Waals surface area contributed by atoms with Gasteiger partial charge in [0.15, 0.2) is 0 Å². The number of rotatable bonds is 2. The zero-order valence-corrected chi connectivity index (χ0v) is 7.56. The van der Waals surface area contributed by atoms with Gasteiger partial charge in [-0.3, -0.25) is 0 Å². The molecule has 12 heavy (non-hydrogen) atoms. The summed E-state index contributed by atoms with van der Waals surface area (Å²) in [5, 5.41) is 3.90. The number of ether oxygens (including phenoxy) is 1. The van der Waals surface area contributed by atoms with Crippen LogP contribution in [0.2, 0.25) is 5.02 Å². The van der Waals surface area contributed by atoms with E-state index in [1.165, 1.54) is 5.56 Å². The normalized spacial score (nSPS) is 20.7. The Bertz CT molecular complexity index is 297. The molecule has 2 rings (SSSR count). The Labute approximate surface area is 76.5 Å². The van der Waals surface area contributed by atoms with Crippen molar-refractivity contribution in [2.45, 2.75) is 6.04 Å².